The van der Waals surface area contributed by atoms with Gasteiger partial charge in [0.25, 0.3) is 0 Å². The van der Waals surface area contributed by atoms with Crippen LogP contribution in [0.15, 0.2) is 42.5 Å². The second kappa shape index (κ2) is 7.17. The molecule has 0 aromatic heterocycles. The molecule has 112 valence electrons. The van der Waals surface area contributed by atoms with E-state index in [0.29, 0.717) is 15.8 Å². The van der Waals surface area contributed by atoms with E-state index in [4.69, 9.17) is 33.7 Å². The molecule has 2 unspecified atom stereocenters. The van der Waals surface area contributed by atoms with Crippen molar-refractivity contribution >= 4 is 23.2 Å². The van der Waals surface area contributed by atoms with E-state index in [1.54, 1.807) is 18.2 Å². The molecule has 0 spiro atoms. The molecule has 2 nitrogen and oxygen atoms in total. The molecule has 0 aliphatic rings. The highest BCUT2D eigenvalue weighted by molar-refractivity contribution is 6.34. The number of nitrogens with two attached hydrogens (primary N) is 1. The summed E-state index contributed by atoms with van der Waals surface area (Å²) in [4.78, 5) is 0. The standard InChI is InChI=1S/C17H19Cl2NO/c1-3-15(20)17(13-7-5-4-6-11(13)2)21-16-10-12(18)8-9-14(16)19/h4-10,15,17H,3,20H2,1-2H3. The van der Waals surface area contributed by atoms with E-state index in [-0.39, 0.29) is 12.1 Å². The lowest BCUT2D eigenvalue weighted by molar-refractivity contribution is 0.170. The summed E-state index contributed by atoms with van der Waals surface area (Å²) in [5, 5.41) is 1.12. The number of rotatable bonds is 5. The Balaban J connectivity index is 2.38. The molecule has 0 heterocycles. The van der Waals surface area contributed by atoms with Gasteiger partial charge in [-0.1, -0.05) is 54.4 Å². The van der Waals surface area contributed by atoms with Crippen molar-refractivity contribution < 1.29 is 4.74 Å². The minimum absolute atomic E-state index is 0.124. The summed E-state index contributed by atoms with van der Waals surface area (Å²) in [6.45, 7) is 4.09. The lowest BCUT2D eigenvalue weighted by atomic mass is 9.97. The highest BCUT2D eigenvalue weighted by Crippen LogP contribution is 2.34. The van der Waals surface area contributed by atoms with Crippen LogP contribution in [0, 0.1) is 6.92 Å². The largest absolute Gasteiger partial charge is 0.482 e. The topological polar surface area (TPSA) is 35.2 Å². The lowest BCUT2D eigenvalue weighted by Crippen LogP contribution is -2.32. The van der Waals surface area contributed by atoms with Crippen molar-refractivity contribution in [3.63, 3.8) is 0 Å². The highest BCUT2D eigenvalue weighted by atomic mass is 35.5. The van der Waals surface area contributed by atoms with Crippen LogP contribution < -0.4 is 10.5 Å². The summed E-state index contributed by atoms with van der Waals surface area (Å²) in [7, 11) is 0. The Labute approximate surface area is 135 Å². The molecule has 0 aliphatic carbocycles. The van der Waals surface area contributed by atoms with Gasteiger partial charge in [-0.15, -0.1) is 0 Å². The fourth-order valence-corrected chi connectivity index (χ4v) is 2.53. The van der Waals surface area contributed by atoms with Crippen LogP contribution in [0.4, 0.5) is 0 Å². The van der Waals surface area contributed by atoms with Gasteiger partial charge in [0.1, 0.15) is 11.9 Å². The van der Waals surface area contributed by atoms with Crippen LogP contribution in [0.5, 0.6) is 5.75 Å². The Morgan fingerprint density at radius 2 is 1.86 bits per heavy atom. The molecular weight excluding hydrogens is 305 g/mol. The number of hydrogen-bond acceptors (Lipinski definition) is 2. The molecule has 0 aliphatic heterocycles. The van der Waals surface area contributed by atoms with Crippen molar-refractivity contribution in [1.29, 1.82) is 0 Å². The summed E-state index contributed by atoms with van der Waals surface area (Å²) in [5.41, 5.74) is 8.47. The first-order valence-corrected chi connectivity index (χ1v) is 7.71. The van der Waals surface area contributed by atoms with Crippen LogP contribution >= 0.6 is 23.2 Å². The summed E-state index contributed by atoms with van der Waals surface area (Å²) in [6, 6.07) is 13.1. The molecule has 0 radical (unpaired) electrons. The zero-order valence-electron chi connectivity index (χ0n) is 12.1. The molecule has 4 heteroatoms. The van der Waals surface area contributed by atoms with Crippen LogP contribution in [0.25, 0.3) is 0 Å². The molecule has 0 saturated heterocycles. The van der Waals surface area contributed by atoms with E-state index in [1.165, 1.54) is 0 Å². The lowest BCUT2D eigenvalue weighted by Gasteiger charge is -2.26. The van der Waals surface area contributed by atoms with Gasteiger partial charge in [0.2, 0.25) is 0 Å². The van der Waals surface area contributed by atoms with Crippen molar-refractivity contribution in [2.75, 3.05) is 0 Å². The smallest absolute Gasteiger partial charge is 0.140 e. The Morgan fingerprint density at radius 1 is 1.14 bits per heavy atom. The van der Waals surface area contributed by atoms with Crippen LogP contribution in [0.3, 0.4) is 0 Å². The zero-order valence-corrected chi connectivity index (χ0v) is 13.7. The molecule has 0 fully saturated rings. The SMILES string of the molecule is CCC(N)C(Oc1cc(Cl)ccc1Cl)c1ccccc1C. The van der Waals surface area contributed by atoms with E-state index in [0.717, 1.165) is 17.5 Å². The molecule has 0 amide bonds. The summed E-state index contributed by atoms with van der Waals surface area (Å²) in [5.74, 6) is 0.557. The molecule has 2 aromatic carbocycles. The zero-order chi connectivity index (χ0) is 15.4. The molecule has 0 saturated carbocycles. The van der Waals surface area contributed by atoms with E-state index >= 15 is 0 Å². The average Bonchev–Trinajstić information content (AvgIpc) is 2.48. The first-order valence-electron chi connectivity index (χ1n) is 6.95. The molecule has 2 atom stereocenters. The maximum atomic E-state index is 6.25. The van der Waals surface area contributed by atoms with E-state index in [9.17, 15) is 0 Å². The number of hydrogen-bond donors (Lipinski definition) is 1. The van der Waals surface area contributed by atoms with Crippen LogP contribution in [-0.4, -0.2) is 6.04 Å². The number of halogens is 2. The second-order valence-electron chi connectivity index (χ2n) is 5.04. The van der Waals surface area contributed by atoms with Gasteiger partial charge in [0, 0.05) is 17.1 Å². The van der Waals surface area contributed by atoms with Gasteiger partial charge in [-0.2, -0.15) is 0 Å². The van der Waals surface area contributed by atoms with Crippen molar-refractivity contribution in [3.05, 3.63) is 63.6 Å². The average molecular weight is 324 g/mol. The van der Waals surface area contributed by atoms with Crippen molar-refractivity contribution in [1.82, 2.24) is 0 Å². The quantitative estimate of drug-likeness (QED) is 0.824. The van der Waals surface area contributed by atoms with Gasteiger partial charge >= 0.3 is 0 Å². The fourth-order valence-electron chi connectivity index (χ4n) is 2.21. The van der Waals surface area contributed by atoms with Crippen molar-refractivity contribution in [3.8, 4) is 5.75 Å². The first-order chi connectivity index (χ1) is 10.0. The van der Waals surface area contributed by atoms with Gasteiger partial charge in [0.05, 0.1) is 5.02 Å². The Hall–Kier alpha value is -1.22. The number of benzene rings is 2. The van der Waals surface area contributed by atoms with Crippen LogP contribution in [0.1, 0.15) is 30.6 Å². The monoisotopic (exact) mass is 323 g/mol. The highest BCUT2D eigenvalue weighted by Gasteiger charge is 2.23. The van der Waals surface area contributed by atoms with E-state index in [1.807, 2.05) is 38.1 Å². The van der Waals surface area contributed by atoms with Crippen LogP contribution in [0.2, 0.25) is 10.0 Å². The third-order valence-electron chi connectivity index (χ3n) is 3.50. The van der Waals surface area contributed by atoms with Gasteiger partial charge in [-0.05, 0) is 36.6 Å². The fraction of sp³-hybridized carbons (Fsp3) is 0.294. The van der Waals surface area contributed by atoms with Crippen molar-refractivity contribution in [2.45, 2.75) is 32.4 Å². The molecule has 2 N–H and O–H groups in total. The maximum Gasteiger partial charge on any atom is 0.140 e. The van der Waals surface area contributed by atoms with E-state index in [2.05, 4.69) is 0 Å². The summed E-state index contributed by atoms with van der Waals surface area (Å²) < 4.78 is 6.10. The summed E-state index contributed by atoms with van der Waals surface area (Å²) in [6.07, 6.45) is 0.546. The number of aryl methyl sites for hydroxylation is 1. The summed E-state index contributed by atoms with van der Waals surface area (Å²) >= 11 is 12.2. The molecular formula is C17H19Cl2NO. The third kappa shape index (κ3) is 3.91. The molecule has 2 rings (SSSR count). The Kier molecular flexibility index (Phi) is 5.51. The molecule has 0 bridgehead atoms. The Bertz CT molecular complexity index is 615. The molecule has 2 aromatic rings. The molecule has 21 heavy (non-hydrogen) atoms. The Morgan fingerprint density at radius 3 is 2.52 bits per heavy atom. The van der Waals surface area contributed by atoms with Gasteiger partial charge in [-0.25, -0.2) is 0 Å². The predicted molar refractivity (Wildman–Crippen MR) is 89.3 cm³/mol. The van der Waals surface area contributed by atoms with Gasteiger partial charge in [-0.3, -0.25) is 0 Å². The normalized spacial score (nSPS) is 13.8. The van der Waals surface area contributed by atoms with E-state index < -0.39 is 0 Å². The third-order valence-corrected chi connectivity index (χ3v) is 4.05. The second-order valence-corrected chi connectivity index (χ2v) is 5.89. The minimum Gasteiger partial charge on any atom is -0.482 e. The minimum atomic E-state index is -0.257. The first kappa shape index (κ1) is 16.2. The predicted octanol–water partition coefficient (Wildman–Crippen LogP) is 5.16. The van der Waals surface area contributed by atoms with Gasteiger partial charge in [0.15, 0.2) is 0 Å². The number of ether oxygens (including phenoxy) is 1. The van der Waals surface area contributed by atoms with Gasteiger partial charge < -0.3 is 10.5 Å². The maximum absolute atomic E-state index is 6.25. The van der Waals surface area contributed by atoms with Crippen molar-refractivity contribution in [2.24, 2.45) is 5.73 Å². The van der Waals surface area contributed by atoms with Crippen LogP contribution in [-0.2, 0) is 0 Å².